The van der Waals surface area contributed by atoms with Crippen LogP contribution in [0.2, 0.25) is 0 Å². The van der Waals surface area contributed by atoms with Crippen molar-refractivity contribution in [1.82, 2.24) is 34.4 Å². The molecule has 0 spiro atoms. The molecule has 1 saturated heterocycles. The van der Waals surface area contributed by atoms with Crippen molar-refractivity contribution in [3.05, 3.63) is 41.5 Å². The molecular formula is C27H35N7O2. The summed E-state index contributed by atoms with van der Waals surface area (Å²) in [7, 11) is 5.28. The van der Waals surface area contributed by atoms with Gasteiger partial charge in [-0.15, -0.1) is 0 Å². The van der Waals surface area contributed by atoms with Gasteiger partial charge in [-0.05, 0) is 56.5 Å². The molecule has 9 heteroatoms. The second-order valence-corrected chi connectivity index (χ2v) is 10.3. The Morgan fingerprint density at radius 1 is 1.25 bits per heavy atom. The minimum atomic E-state index is 0.159. The van der Waals surface area contributed by atoms with E-state index >= 15 is 0 Å². The quantitative estimate of drug-likeness (QED) is 0.441. The number of ether oxygens (including phenoxy) is 1. The number of methoxy groups -OCH3 is 1. The molecule has 9 nitrogen and oxygen atoms in total. The molecule has 0 bridgehead atoms. The van der Waals surface area contributed by atoms with Crippen molar-refractivity contribution in [2.75, 3.05) is 40.8 Å². The largest absolute Gasteiger partial charge is 0.493 e. The summed E-state index contributed by atoms with van der Waals surface area (Å²) < 4.78 is 7.36. The molecular weight excluding hydrogens is 454 g/mol. The lowest BCUT2D eigenvalue weighted by Gasteiger charge is -2.32. The van der Waals surface area contributed by atoms with Crippen LogP contribution >= 0.6 is 0 Å². The van der Waals surface area contributed by atoms with Crippen molar-refractivity contribution in [3.63, 3.8) is 0 Å². The standard InChI is InChI=1S/C27H35N7O2/c1-16(2)23-25(19-12-21(36-6)27-28-15-29-34(27)13-19)30-20-11-17(3)24(31-26(20)23)18-7-9-33(10-8-18)14-22(35)32(4)5/h11-13,15-16,18,30H,7-10,14H2,1-6H3. The summed E-state index contributed by atoms with van der Waals surface area (Å²) in [5.74, 6) is 1.51. The van der Waals surface area contributed by atoms with Gasteiger partial charge >= 0.3 is 0 Å². The Morgan fingerprint density at radius 3 is 2.67 bits per heavy atom. The molecule has 0 aromatic carbocycles. The lowest BCUT2D eigenvalue weighted by atomic mass is 9.90. The molecule has 36 heavy (non-hydrogen) atoms. The van der Waals surface area contributed by atoms with Crippen LogP contribution in [0.5, 0.6) is 5.75 Å². The minimum absolute atomic E-state index is 0.159. The zero-order chi connectivity index (χ0) is 25.6. The summed E-state index contributed by atoms with van der Waals surface area (Å²) in [6.45, 7) is 8.89. The van der Waals surface area contributed by atoms with Crippen LogP contribution in [0.25, 0.3) is 27.9 Å². The van der Waals surface area contributed by atoms with Gasteiger partial charge in [0.1, 0.15) is 6.33 Å². The van der Waals surface area contributed by atoms with E-state index in [2.05, 4.69) is 46.8 Å². The van der Waals surface area contributed by atoms with Gasteiger partial charge in [0.05, 0.1) is 30.4 Å². The number of aromatic nitrogens is 5. The molecule has 4 aromatic rings. The molecule has 4 aromatic heterocycles. The van der Waals surface area contributed by atoms with Crippen molar-refractivity contribution < 1.29 is 9.53 Å². The Labute approximate surface area is 211 Å². The van der Waals surface area contributed by atoms with Crippen LogP contribution in [0.4, 0.5) is 0 Å². The van der Waals surface area contributed by atoms with Gasteiger partial charge in [0.25, 0.3) is 0 Å². The summed E-state index contributed by atoms with van der Waals surface area (Å²) in [6, 6.07) is 4.25. The van der Waals surface area contributed by atoms with E-state index in [0.717, 1.165) is 48.2 Å². The molecule has 1 N–H and O–H groups in total. The second kappa shape index (κ2) is 9.54. The minimum Gasteiger partial charge on any atom is -0.493 e. The predicted octanol–water partition coefficient (Wildman–Crippen LogP) is 3.98. The number of likely N-dealkylation sites (tertiary alicyclic amines) is 1. The van der Waals surface area contributed by atoms with Crippen LogP contribution in [0.1, 0.15) is 55.3 Å². The molecule has 0 saturated carbocycles. The Morgan fingerprint density at radius 2 is 2.00 bits per heavy atom. The first kappa shape index (κ1) is 24.2. The number of piperidine rings is 1. The third kappa shape index (κ3) is 4.32. The van der Waals surface area contributed by atoms with Gasteiger partial charge < -0.3 is 14.6 Å². The van der Waals surface area contributed by atoms with E-state index in [1.54, 1.807) is 16.5 Å². The summed E-state index contributed by atoms with van der Waals surface area (Å²) in [5, 5.41) is 4.33. The van der Waals surface area contributed by atoms with Gasteiger partial charge in [-0.3, -0.25) is 14.7 Å². The van der Waals surface area contributed by atoms with Crippen LogP contribution in [-0.2, 0) is 4.79 Å². The van der Waals surface area contributed by atoms with E-state index in [1.165, 1.54) is 23.1 Å². The van der Waals surface area contributed by atoms with Gasteiger partial charge in [-0.2, -0.15) is 5.10 Å². The molecule has 5 heterocycles. The Kier molecular flexibility index (Phi) is 6.42. The lowest BCUT2D eigenvalue weighted by molar-refractivity contribution is -0.130. The van der Waals surface area contributed by atoms with E-state index in [0.29, 0.717) is 23.9 Å². The number of H-pyrrole nitrogens is 1. The molecule has 0 unspecified atom stereocenters. The van der Waals surface area contributed by atoms with E-state index in [1.807, 2.05) is 26.4 Å². The molecule has 5 rings (SSSR count). The smallest absolute Gasteiger partial charge is 0.236 e. The topological polar surface area (TPSA) is 91.7 Å². The monoisotopic (exact) mass is 489 g/mol. The molecule has 0 atom stereocenters. The number of likely N-dealkylation sites (N-methyl/N-ethyl adjacent to an activating group) is 1. The maximum absolute atomic E-state index is 12.1. The van der Waals surface area contributed by atoms with Crippen LogP contribution in [-0.4, -0.2) is 81.1 Å². The zero-order valence-corrected chi connectivity index (χ0v) is 22.0. The average molecular weight is 490 g/mol. The summed E-state index contributed by atoms with van der Waals surface area (Å²) in [4.78, 5) is 29.3. The summed E-state index contributed by atoms with van der Waals surface area (Å²) in [5.41, 5.74) is 8.38. The number of carbonyl (C=O) groups excluding carboxylic acids is 1. The SMILES string of the molecule is COc1cc(-c2[nH]c3cc(C)c(C4CCN(CC(=O)N(C)C)CC4)nc3c2C(C)C)cn2ncnc12. The van der Waals surface area contributed by atoms with E-state index in [-0.39, 0.29) is 11.8 Å². The third-order valence-corrected chi connectivity index (χ3v) is 7.30. The number of hydrogen-bond acceptors (Lipinski definition) is 6. The fourth-order valence-electron chi connectivity index (χ4n) is 5.33. The van der Waals surface area contributed by atoms with Crippen LogP contribution in [0, 0.1) is 6.92 Å². The number of rotatable bonds is 6. The van der Waals surface area contributed by atoms with E-state index in [4.69, 9.17) is 9.72 Å². The van der Waals surface area contributed by atoms with Crippen LogP contribution in [0.15, 0.2) is 24.7 Å². The molecule has 1 aliphatic rings. The van der Waals surface area contributed by atoms with Crippen molar-refractivity contribution in [3.8, 4) is 17.0 Å². The molecule has 1 aliphatic heterocycles. The van der Waals surface area contributed by atoms with Gasteiger partial charge in [0, 0.05) is 43.0 Å². The number of hydrogen-bond donors (Lipinski definition) is 1. The Hall–Kier alpha value is -3.46. The van der Waals surface area contributed by atoms with Crippen molar-refractivity contribution in [1.29, 1.82) is 0 Å². The highest BCUT2D eigenvalue weighted by Gasteiger charge is 2.27. The molecule has 1 fully saturated rings. The summed E-state index contributed by atoms with van der Waals surface area (Å²) >= 11 is 0. The molecule has 1 amide bonds. The lowest BCUT2D eigenvalue weighted by Crippen LogP contribution is -2.40. The Bertz CT molecular complexity index is 1410. The van der Waals surface area contributed by atoms with Crippen molar-refractivity contribution >= 4 is 22.6 Å². The van der Waals surface area contributed by atoms with Crippen molar-refractivity contribution in [2.24, 2.45) is 0 Å². The first-order valence-corrected chi connectivity index (χ1v) is 12.6. The second-order valence-electron chi connectivity index (χ2n) is 10.3. The first-order valence-electron chi connectivity index (χ1n) is 12.6. The highest BCUT2D eigenvalue weighted by atomic mass is 16.5. The van der Waals surface area contributed by atoms with Gasteiger partial charge in [0.2, 0.25) is 5.91 Å². The van der Waals surface area contributed by atoms with E-state index < -0.39 is 0 Å². The number of fused-ring (bicyclic) bond motifs is 2. The zero-order valence-electron chi connectivity index (χ0n) is 22.0. The number of aromatic amines is 1. The number of pyridine rings is 2. The number of aryl methyl sites for hydroxylation is 1. The van der Waals surface area contributed by atoms with Crippen molar-refractivity contribution in [2.45, 2.75) is 45.4 Å². The normalized spacial score (nSPS) is 15.3. The first-order chi connectivity index (χ1) is 17.3. The van der Waals surface area contributed by atoms with Gasteiger partial charge in [-0.1, -0.05) is 13.8 Å². The highest BCUT2D eigenvalue weighted by molar-refractivity contribution is 5.89. The number of carbonyl (C=O) groups is 1. The molecule has 0 radical (unpaired) electrons. The maximum Gasteiger partial charge on any atom is 0.236 e. The number of nitrogens with zero attached hydrogens (tertiary/aromatic N) is 6. The summed E-state index contributed by atoms with van der Waals surface area (Å²) in [6.07, 6.45) is 5.54. The maximum atomic E-state index is 12.1. The third-order valence-electron chi connectivity index (χ3n) is 7.30. The number of nitrogens with one attached hydrogen (secondary N) is 1. The molecule has 0 aliphatic carbocycles. The Balaban J connectivity index is 1.51. The fourth-order valence-corrected chi connectivity index (χ4v) is 5.33. The predicted molar refractivity (Wildman–Crippen MR) is 141 cm³/mol. The molecule has 190 valence electrons. The highest BCUT2D eigenvalue weighted by Crippen LogP contribution is 2.38. The van der Waals surface area contributed by atoms with Gasteiger partial charge in [-0.25, -0.2) is 9.50 Å². The average Bonchev–Trinajstić information content (AvgIpc) is 3.47. The van der Waals surface area contributed by atoms with Gasteiger partial charge in [0.15, 0.2) is 11.4 Å². The number of amides is 1. The van der Waals surface area contributed by atoms with E-state index in [9.17, 15) is 4.79 Å². The van der Waals surface area contributed by atoms with Crippen LogP contribution in [0.3, 0.4) is 0 Å². The van der Waals surface area contributed by atoms with Crippen LogP contribution < -0.4 is 4.74 Å². The fraction of sp³-hybridized carbons (Fsp3) is 0.481.